The van der Waals surface area contributed by atoms with Gasteiger partial charge in [0.05, 0.1) is 23.2 Å². The number of nitrogens with one attached hydrogen (secondary N) is 1. The number of pyridine rings is 1. The number of aryl methyl sites for hydroxylation is 2. The summed E-state index contributed by atoms with van der Waals surface area (Å²) in [6, 6.07) is 9.55. The van der Waals surface area contributed by atoms with Gasteiger partial charge in [-0.3, -0.25) is 4.98 Å². The number of benzene rings is 1. The zero-order chi connectivity index (χ0) is 14.0. The van der Waals surface area contributed by atoms with Gasteiger partial charge in [0.25, 0.3) is 0 Å². The van der Waals surface area contributed by atoms with Crippen LogP contribution in [0.5, 0.6) is 0 Å². The number of nitrogens with two attached hydrogens (primary N) is 1. The van der Waals surface area contributed by atoms with Crippen LogP contribution in [0.2, 0.25) is 0 Å². The summed E-state index contributed by atoms with van der Waals surface area (Å²) in [5, 5.41) is 12.7. The third kappa shape index (κ3) is 3.03. The predicted octanol–water partition coefficient (Wildman–Crippen LogP) is 3.08. The third-order valence-corrected chi connectivity index (χ3v) is 3.05. The smallest absolute Gasteiger partial charge is 0.0769 e. The summed E-state index contributed by atoms with van der Waals surface area (Å²) in [5.74, 6) is 0. The van der Waals surface area contributed by atoms with Crippen LogP contribution in [0.3, 0.4) is 0 Å². The molecule has 0 spiro atoms. The van der Waals surface area contributed by atoms with E-state index in [1.54, 1.807) is 6.92 Å². The highest BCUT2D eigenvalue weighted by atomic mass is 16.3. The summed E-state index contributed by atoms with van der Waals surface area (Å²) in [5.41, 5.74) is 11.1. The first-order valence-electron chi connectivity index (χ1n) is 6.26. The molecule has 0 fully saturated rings. The molecule has 0 bridgehead atoms. The van der Waals surface area contributed by atoms with Gasteiger partial charge in [0.1, 0.15) is 0 Å². The van der Waals surface area contributed by atoms with Crippen LogP contribution in [0, 0.1) is 13.8 Å². The maximum Gasteiger partial charge on any atom is 0.0769 e. The maximum absolute atomic E-state index is 9.47. The predicted molar refractivity (Wildman–Crippen MR) is 78.5 cm³/mol. The molecule has 4 nitrogen and oxygen atoms in total. The second-order valence-corrected chi connectivity index (χ2v) is 4.73. The van der Waals surface area contributed by atoms with Crippen molar-refractivity contribution in [3.63, 3.8) is 0 Å². The van der Waals surface area contributed by atoms with Crippen molar-refractivity contribution in [2.24, 2.45) is 0 Å². The lowest BCUT2D eigenvalue weighted by Gasteiger charge is -2.13. The highest BCUT2D eigenvalue weighted by Gasteiger charge is 2.06. The molecule has 1 atom stereocenters. The van der Waals surface area contributed by atoms with Crippen LogP contribution in [0.25, 0.3) is 0 Å². The van der Waals surface area contributed by atoms with E-state index in [4.69, 9.17) is 5.73 Å². The summed E-state index contributed by atoms with van der Waals surface area (Å²) in [4.78, 5) is 4.31. The lowest BCUT2D eigenvalue weighted by molar-refractivity contribution is 0.199. The molecule has 0 aliphatic rings. The van der Waals surface area contributed by atoms with Gasteiger partial charge in [0, 0.05) is 11.4 Å². The Labute approximate surface area is 113 Å². The fraction of sp³-hybridized carbons (Fsp3) is 0.267. The maximum atomic E-state index is 9.47. The number of nitrogens with zero attached hydrogens (tertiary/aromatic N) is 1. The number of anilines is 3. The third-order valence-electron chi connectivity index (χ3n) is 3.05. The van der Waals surface area contributed by atoms with E-state index < -0.39 is 6.10 Å². The van der Waals surface area contributed by atoms with Crippen molar-refractivity contribution >= 4 is 17.1 Å². The number of hydrogen-bond donors (Lipinski definition) is 3. The Hall–Kier alpha value is -2.07. The van der Waals surface area contributed by atoms with Gasteiger partial charge >= 0.3 is 0 Å². The van der Waals surface area contributed by atoms with E-state index in [0.717, 1.165) is 28.3 Å². The molecule has 4 heteroatoms. The molecule has 0 saturated carbocycles. The summed E-state index contributed by atoms with van der Waals surface area (Å²) in [6.07, 6.45) is -0.454. The number of hydrogen-bond acceptors (Lipinski definition) is 4. The van der Waals surface area contributed by atoms with Crippen LogP contribution in [-0.4, -0.2) is 10.1 Å². The Morgan fingerprint density at radius 3 is 2.42 bits per heavy atom. The van der Waals surface area contributed by atoms with Crippen molar-refractivity contribution in [3.8, 4) is 0 Å². The van der Waals surface area contributed by atoms with Crippen molar-refractivity contribution < 1.29 is 5.11 Å². The minimum Gasteiger partial charge on any atom is -0.396 e. The monoisotopic (exact) mass is 257 g/mol. The highest BCUT2D eigenvalue weighted by molar-refractivity contribution is 5.74. The zero-order valence-electron chi connectivity index (χ0n) is 11.4. The molecule has 1 aromatic carbocycles. The quantitative estimate of drug-likeness (QED) is 0.790. The zero-order valence-corrected chi connectivity index (χ0v) is 11.4. The number of aliphatic hydroxyl groups is 1. The van der Waals surface area contributed by atoms with E-state index in [1.165, 1.54) is 0 Å². The summed E-state index contributed by atoms with van der Waals surface area (Å²) >= 11 is 0. The van der Waals surface area contributed by atoms with Crippen LogP contribution >= 0.6 is 0 Å². The second-order valence-electron chi connectivity index (χ2n) is 4.73. The molecule has 0 radical (unpaired) electrons. The molecule has 100 valence electrons. The molecule has 1 unspecified atom stereocenters. The Balaban J connectivity index is 2.26. The Kier molecular flexibility index (Phi) is 3.71. The summed E-state index contributed by atoms with van der Waals surface area (Å²) in [7, 11) is 0. The second kappa shape index (κ2) is 5.28. The van der Waals surface area contributed by atoms with E-state index in [0.29, 0.717) is 5.69 Å². The van der Waals surface area contributed by atoms with Gasteiger partial charge in [-0.1, -0.05) is 12.1 Å². The van der Waals surface area contributed by atoms with Crippen molar-refractivity contribution in [3.05, 3.63) is 47.3 Å². The average Bonchev–Trinajstić information content (AvgIpc) is 2.36. The van der Waals surface area contributed by atoms with E-state index in [9.17, 15) is 5.11 Å². The SMILES string of the molecule is Cc1cc(Nc2ccc(C(C)O)cc2)c(N)c(C)n1. The molecule has 0 amide bonds. The van der Waals surface area contributed by atoms with Gasteiger partial charge in [0.2, 0.25) is 0 Å². The topological polar surface area (TPSA) is 71.2 Å². The van der Waals surface area contributed by atoms with Crippen LogP contribution in [-0.2, 0) is 0 Å². The number of aromatic nitrogens is 1. The molecular formula is C15H19N3O. The average molecular weight is 257 g/mol. The van der Waals surface area contributed by atoms with Gasteiger partial charge < -0.3 is 16.2 Å². The molecule has 2 aromatic rings. The Morgan fingerprint density at radius 2 is 1.84 bits per heavy atom. The molecule has 0 saturated heterocycles. The normalized spacial score (nSPS) is 12.2. The van der Waals surface area contributed by atoms with E-state index in [2.05, 4.69) is 10.3 Å². The number of nitrogen functional groups attached to an aromatic ring is 1. The van der Waals surface area contributed by atoms with Crippen molar-refractivity contribution in [2.75, 3.05) is 11.1 Å². The Morgan fingerprint density at radius 1 is 1.21 bits per heavy atom. The Bertz CT molecular complexity index is 577. The molecule has 0 aliphatic heterocycles. The largest absolute Gasteiger partial charge is 0.396 e. The first kappa shape index (κ1) is 13.4. The van der Waals surface area contributed by atoms with Crippen LogP contribution in [0.1, 0.15) is 30.0 Å². The summed E-state index contributed by atoms with van der Waals surface area (Å²) < 4.78 is 0. The minimum atomic E-state index is -0.454. The fourth-order valence-corrected chi connectivity index (χ4v) is 1.94. The lowest BCUT2D eigenvalue weighted by atomic mass is 10.1. The molecule has 19 heavy (non-hydrogen) atoms. The number of rotatable bonds is 3. The molecule has 1 heterocycles. The van der Waals surface area contributed by atoms with Crippen molar-refractivity contribution in [1.29, 1.82) is 0 Å². The van der Waals surface area contributed by atoms with Crippen molar-refractivity contribution in [2.45, 2.75) is 26.9 Å². The highest BCUT2D eigenvalue weighted by Crippen LogP contribution is 2.26. The molecule has 4 N–H and O–H groups in total. The van der Waals surface area contributed by atoms with E-state index in [1.807, 2.05) is 44.2 Å². The van der Waals surface area contributed by atoms with Gasteiger partial charge in [-0.25, -0.2) is 0 Å². The van der Waals surface area contributed by atoms with Gasteiger partial charge in [-0.15, -0.1) is 0 Å². The number of aliphatic hydroxyl groups excluding tert-OH is 1. The first-order chi connectivity index (χ1) is 8.97. The van der Waals surface area contributed by atoms with Crippen molar-refractivity contribution in [1.82, 2.24) is 4.98 Å². The van der Waals surface area contributed by atoms with Crippen LogP contribution in [0.15, 0.2) is 30.3 Å². The van der Waals surface area contributed by atoms with Gasteiger partial charge in [-0.2, -0.15) is 0 Å². The molecular weight excluding hydrogens is 238 g/mol. The van der Waals surface area contributed by atoms with E-state index >= 15 is 0 Å². The van der Waals surface area contributed by atoms with Gasteiger partial charge in [-0.05, 0) is 44.5 Å². The molecule has 1 aromatic heterocycles. The lowest BCUT2D eigenvalue weighted by Crippen LogP contribution is -2.02. The van der Waals surface area contributed by atoms with Crippen LogP contribution < -0.4 is 11.1 Å². The standard InChI is InChI=1S/C15H19N3O/c1-9-8-14(15(16)10(2)17-9)18-13-6-4-12(5-7-13)11(3)19/h4-8,11,19H,16H2,1-3H3,(H,17,18). The first-order valence-corrected chi connectivity index (χ1v) is 6.26. The van der Waals surface area contributed by atoms with Crippen LogP contribution in [0.4, 0.5) is 17.1 Å². The summed E-state index contributed by atoms with van der Waals surface area (Å²) in [6.45, 7) is 5.58. The molecule has 0 aliphatic carbocycles. The van der Waals surface area contributed by atoms with Gasteiger partial charge in [0.15, 0.2) is 0 Å². The fourth-order valence-electron chi connectivity index (χ4n) is 1.94. The van der Waals surface area contributed by atoms with E-state index in [-0.39, 0.29) is 0 Å². The molecule has 2 rings (SSSR count). The minimum absolute atomic E-state index is 0.454.